The number of amides is 4. The quantitative estimate of drug-likeness (QED) is 0.203. The third-order valence-electron chi connectivity index (χ3n) is 4.90. The van der Waals surface area contributed by atoms with Gasteiger partial charge in [0.25, 0.3) is 0 Å². The molecule has 170 valence electrons. The monoisotopic (exact) mass is 445 g/mol. The summed E-state index contributed by atoms with van der Waals surface area (Å²) < 4.78 is 0. The Morgan fingerprint density at radius 2 is 1.80 bits per heavy atom. The Kier molecular flexibility index (Phi) is 10.1. The zero-order valence-electron chi connectivity index (χ0n) is 17.2. The lowest BCUT2D eigenvalue weighted by Crippen LogP contribution is -2.58. The summed E-state index contributed by atoms with van der Waals surface area (Å²) in [5.74, 6) is -3.87. The van der Waals surface area contributed by atoms with Crippen LogP contribution in [0.2, 0.25) is 0 Å². The highest BCUT2D eigenvalue weighted by Gasteiger charge is 2.39. The average Bonchev–Trinajstić information content (AvgIpc) is 3.17. The van der Waals surface area contributed by atoms with Crippen molar-refractivity contribution in [3.63, 3.8) is 0 Å². The molecule has 0 radical (unpaired) electrons. The number of thiol groups is 1. The highest BCUT2D eigenvalue weighted by molar-refractivity contribution is 7.80. The summed E-state index contributed by atoms with van der Waals surface area (Å²) in [6.45, 7) is 3.71. The number of rotatable bonds is 11. The maximum absolute atomic E-state index is 13.0. The van der Waals surface area contributed by atoms with Gasteiger partial charge in [-0.25, -0.2) is 4.79 Å². The number of carboxylic acids is 1. The van der Waals surface area contributed by atoms with Crippen LogP contribution in [0.15, 0.2) is 0 Å². The van der Waals surface area contributed by atoms with Gasteiger partial charge in [0.1, 0.15) is 18.1 Å². The molecule has 7 N–H and O–H groups in total. The number of likely N-dealkylation sites (tertiary alicyclic amines) is 1. The topological polar surface area (TPSA) is 185 Å². The molecule has 4 unspecified atom stereocenters. The highest BCUT2D eigenvalue weighted by Crippen LogP contribution is 2.20. The molecule has 0 bridgehead atoms. The molecule has 1 saturated heterocycles. The molecule has 11 nitrogen and oxygen atoms in total. The van der Waals surface area contributed by atoms with E-state index in [1.807, 2.05) is 0 Å². The smallest absolute Gasteiger partial charge is 0.326 e. The molecular formula is C18H31N5O6S. The minimum absolute atomic E-state index is 0.0502. The van der Waals surface area contributed by atoms with Crippen LogP contribution in [0.4, 0.5) is 0 Å². The Hall–Kier alpha value is -2.34. The second kappa shape index (κ2) is 11.7. The first-order valence-electron chi connectivity index (χ1n) is 9.78. The van der Waals surface area contributed by atoms with Crippen molar-refractivity contribution >= 4 is 42.2 Å². The number of nitrogens with zero attached hydrogens (tertiary/aromatic N) is 1. The summed E-state index contributed by atoms with van der Waals surface area (Å²) in [6.07, 6.45) is 0.660. The van der Waals surface area contributed by atoms with Crippen molar-refractivity contribution in [1.29, 1.82) is 0 Å². The van der Waals surface area contributed by atoms with Crippen molar-refractivity contribution in [2.24, 2.45) is 17.4 Å². The molecule has 0 aromatic rings. The standard InChI is InChI=1S/C18H31N5O6S/c1-9(2)14(17(27)23-7-3-4-12(23)18(28)29)22-16(26)11(5-6-13(20)24)21-15(25)10(19)8-30/h9-12,14,30H,3-8,19H2,1-2H3,(H2,20,24)(H,21,25)(H,22,26)(H,28,29). The predicted octanol–water partition coefficient (Wildman–Crippen LogP) is -1.79. The van der Waals surface area contributed by atoms with E-state index >= 15 is 0 Å². The minimum Gasteiger partial charge on any atom is -0.480 e. The molecule has 0 saturated carbocycles. The van der Waals surface area contributed by atoms with Gasteiger partial charge in [-0.05, 0) is 25.2 Å². The number of nitrogens with one attached hydrogen (secondary N) is 2. The van der Waals surface area contributed by atoms with Crippen molar-refractivity contribution in [3.8, 4) is 0 Å². The molecule has 1 heterocycles. The molecule has 12 heteroatoms. The second-order valence-corrected chi connectivity index (χ2v) is 7.98. The zero-order chi connectivity index (χ0) is 23.0. The first kappa shape index (κ1) is 25.7. The fourth-order valence-corrected chi connectivity index (χ4v) is 3.32. The van der Waals surface area contributed by atoms with E-state index in [9.17, 15) is 29.1 Å². The number of hydrogen-bond donors (Lipinski definition) is 6. The summed E-state index contributed by atoms with van der Waals surface area (Å²) in [7, 11) is 0. The first-order chi connectivity index (χ1) is 14.0. The molecule has 1 rings (SSSR count). The Balaban J connectivity index is 2.97. The molecule has 0 aliphatic carbocycles. The van der Waals surface area contributed by atoms with Crippen molar-refractivity contribution < 1.29 is 29.1 Å². The molecule has 4 atom stereocenters. The van der Waals surface area contributed by atoms with Crippen molar-refractivity contribution in [3.05, 3.63) is 0 Å². The van der Waals surface area contributed by atoms with Gasteiger partial charge >= 0.3 is 5.97 Å². The largest absolute Gasteiger partial charge is 0.480 e. The van der Waals surface area contributed by atoms with Gasteiger partial charge in [-0.15, -0.1) is 0 Å². The van der Waals surface area contributed by atoms with Gasteiger partial charge in [-0.1, -0.05) is 13.8 Å². The van der Waals surface area contributed by atoms with Crippen LogP contribution < -0.4 is 22.1 Å². The van der Waals surface area contributed by atoms with E-state index in [1.54, 1.807) is 13.8 Å². The summed E-state index contributed by atoms with van der Waals surface area (Å²) in [6, 6.07) is -4.03. The van der Waals surface area contributed by atoms with E-state index in [4.69, 9.17) is 11.5 Å². The Morgan fingerprint density at radius 3 is 2.30 bits per heavy atom. The summed E-state index contributed by atoms with van der Waals surface area (Å²) in [5, 5.41) is 14.4. The third kappa shape index (κ3) is 7.17. The van der Waals surface area contributed by atoms with E-state index < -0.39 is 53.8 Å². The van der Waals surface area contributed by atoms with E-state index in [2.05, 4.69) is 23.3 Å². The number of carbonyl (C=O) groups is 5. The van der Waals surface area contributed by atoms with Crippen LogP contribution in [-0.4, -0.2) is 76.1 Å². The maximum Gasteiger partial charge on any atom is 0.326 e. The molecule has 30 heavy (non-hydrogen) atoms. The number of primary amides is 1. The zero-order valence-corrected chi connectivity index (χ0v) is 18.1. The van der Waals surface area contributed by atoms with Crippen LogP contribution in [0.25, 0.3) is 0 Å². The average molecular weight is 446 g/mol. The Bertz CT molecular complexity index is 673. The minimum atomic E-state index is -1.14. The molecule has 0 aromatic carbocycles. The summed E-state index contributed by atoms with van der Waals surface area (Å²) >= 11 is 3.94. The van der Waals surface area contributed by atoms with Gasteiger partial charge in [0.2, 0.25) is 23.6 Å². The third-order valence-corrected chi connectivity index (χ3v) is 5.29. The fraction of sp³-hybridized carbons (Fsp3) is 0.722. The van der Waals surface area contributed by atoms with Gasteiger partial charge in [0.15, 0.2) is 0 Å². The lowest BCUT2D eigenvalue weighted by atomic mass is 10.0. The van der Waals surface area contributed by atoms with E-state index in [-0.39, 0.29) is 31.1 Å². The SMILES string of the molecule is CC(C)C(NC(=O)C(CCC(N)=O)NC(=O)C(N)CS)C(=O)N1CCCC1C(=O)O. The van der Waals surface area contributed by atoms with E-state index in [1.165, 1.54) is 4.90 Å². The van der Waals surface area contributed by atoms with E-state index in [0.29, 0.717) is 12.8 Å². The fourth-order valence-electron chi connectivity index (χ4n) is 3.15. The summed E-state index contributed by atoms with van der Waals surface area (Å²) in [4.78, 5) is 61.7. The van der Waals surface area contributed by atoms with Gasteiger partial charge in [-0.3, -0.25) is 19.2 Å². The summed E-state index contributed by atoms with van der Waals surface area (Å²) in [5.41, 5.74) is 10.8. The highest BCUT2D eigenvalue weighted by atomic mass is 32.1. The van der Waals surface area contributed by atoms with Crippen LogP contribution in [0.1, 0.15) is 39.5 Å². The normalized spacial score (nSPS) is 19.1. The van der Waals surface area contributed by atoms with Crippen LogP contribution in [0.5, 0.6) is 0 Å². The number of carbonyl (C=O) groups excluding carboxylic acids is 4. The lowest BCUT2D eigenvalue weighted by molar-refractivity contribution is -0.150. The molecular weight excluding hydrogens is 414 g/mol. The molecule has 0 spiro atoms. The van der Waals surface area contributed by atoms with Gasteiger partial charge in [0, 0.05) is 18.7 Å². The lowest BCUT2D eigenvalue weighted by Gasteiger charge is -2.30. The van der Waals surface area contributed by atoms with E-state index in [0.717, 1.165) is 0 Å². The number of hydrogen-bond acceptors (Lipinski definition) is 7. The van der Waals surface area contributed by atoms with Crippen LogP contribution in [0.3, 0.4) is 0 Å². The molecule has 4 amide bonds. The Labute approximate surface area is 180 Å². The maximum atomic E-state index is 13.0. The molecule has 0 aromatic heterocycles. The van der Waals surface area contributed by atoms with Crippen LogP contribution in [0, 0.1) is 5.92 Å². The van der Waals surface area contributed by atoms with Crippen LogP contribution in [-0.2, 0) is 24.0 Å². The van der Waals surface area contributed by atoms with Crippen LogP contribution >= 0.6 is 12.6 Å². The molecule has 1 fully saturated rings. The molecule has 1 aliphatic rings. The van der Waals surface area contributed by atoms with Crippen molar-refractivity contribution in [1.82, 2.24) is 15.5 Å². The number of nitrogens with two attached hydrogens (primary N) is 2. The number of carboxylic acid groups (broad SMARTS) is 1. The Morgan fingerprint density at radius 1 is 1.17 bits per heavy atom. The number of aliphatic carboxylic acids is 1. The molecule has 1 aliphatic heterocycles. The van der Waals surface area contributed by atoms with Crippen molar-refractivity contribution in [2.45, 2.75) is 63.7 Å². The predicted molar refractivity (Wildman–Crippen MR) is 111 cm³/mol. The van der Waals surface area contributed by atoms with Gasteiger partial charge in [0.05, 0.1) is 6.04 Å². The van der Waals surface area contributed by atoms with Gasteiger partial charge < -0.3 is 32.1 Å². The van der Waals surface area contributed by atoms with Gasteiger partial charge in [-0.2, -0.15) is 12.6 Å². The second-order valence-electron chi connectivity index (χ2n) is 7.61. The van der Waals surface area contributed by atoms with Crippen molar-refractivity contribution in [2.75, 3.05) is 12.3 Å². The first-order valence-corrected chi connectivity index (χ1v) is 10.4.